The Kier molecular flexibility index (Phi) is 3.55. The Balaban J connectivity index is 2.21. The summed E-state index contributed by atoms with van der Waals surface area (Å²) in [7, 11) is 0. The zero-order valence-electron chi connectivity index (χ0n) is 12.2. The molecule has 120 valence electrons. The molecular formula is C15H12ClF3N4. The molecule has 0 aliphatic carbocycles. The summed E-state index contributed by atoms with van der Waals surface area (Å²) in [4.78, 5) is 15.3. The summed E-state index contributed by atoms with van der Waals surface area (Å²) in [6, 6.07) is 4.55. The van der Waals surface area contributed by atoms with Crippen LogP contribution in [0.1, 0.15) is 19.5 Å². The van der Waals surface area contributed by atoms with Crippen molar-refractivity contribution in [3.8, 4) is 11.4 Å². The summed E-state index contributed by atoms with van der Waals surface area (Å²) < 4.78 is 39.8. The van der Waals surface area contributed by atoms with Crippen molar-refractivity contribution in [2.24, 2.45) is 0 Å². The van der Waals surface area contributed by atoms with Crippen molar-refractivity contribution in [1.82, 2.24) is 19.9 Å². The van der Waals surface area contributed by atoms with Crippen LogP contribution in [0.15, 0.2) is 30.6 Å². The molecule has 0 atom stereocenters. The van der Waals surface area contributed by atoms with Crippen molar-refractivity contribution in [3.63, 3.8) is 0 Å². The summed E-state index contributed by atoms with van der Waals surface area (Å²) in [5, 5.41) is 0.674. The van der Waals surface area contributed by atoms with Crippen molar-refractivity contribution in [1.29, 1.82) is 0 Å². The molecule has 3 aromatic rings. The quantitative estimate of drug-likeness (QED) is 0.698. The van der Waals surface area contributed by atoms with Gasteiger partial charge in [0.05, 0.1) is 5.69 Å². The van der Waals surface area contributed by atoms with Gasteiger partial charge in [0.1, 0.15) is 16.2 Å². The molecule has 0 saturated carbocycles. The predicted molar refractivity (Wildman–Crippen MR) is 81.2 cm³/mol. The van der Waals surface area contributed by atoms with Crippen LogP contribution in [0, 0.1) is 0 Å². The third kappa shape index (κ3) is 2.65. The zero-order valence-corrected chi connectivity index (χ0v) is 13.0. The van der Waals surface area contributed by atoms with E-state index >= 15 is 0 Å². The Morgan fingerprint density at radius 1 is 1.13 bits per heavy atom. The standard InChI is InChI=1S/C15H12ClF3N4/c1-14(2,15(17,18)19)10-7-11(16)23-13(22-10)9-4-6-21-12-8(9)3-5-20-12/h3-7H,1-2H3,(H,20,21). The van der Waals surface area contributed by atoms with Crippen LogP contribution in [-0.2, 0) is 5.41 Å². The van der Waals surface area contributed by atoms with Gasteiger partial charge in [0, 0.05) is 23.3 Å². The lowest BCUT2D eigenvalue weighted by molar-refractivity contribution is -0.181. The molecule has 4 nitrogen and oxygen atoms in total. The normalized spacial score (nSPS) is 12.8. The van der Waals surface area contributed by atoms with Gasteiger partial charge in [-0.1, -0.05) is 11.6 Å². The molecule has 0 spiro atoms. The van der Waals surface area contributed by atoms with Crippen LogP contribution >= 0.6 is 11.6 Å². The first-order chi connectivity index (χ1) is 10.7. The van der Waals surface area contributed by atoms with E-state index in [1.807, 2.05) is 0 Å². The van der Waals surface area contributed by atoms with Gasteiger partial charge in [-0.2, -0.15) is 13.2 Å². The van der Waals surface area contributed by atoms with Gasteiger partial charge in [-0.25, -0.2) is 15.0 Å². The summed E-state index contributed by atoms with van der Waals surface area (Å²) >= 11 is 5.94. The maximum Gasteiger partial charge on any atom is 0.399 e. The SMILES string of the molecule is CC(C)(c1cc(Cl)nc(-c2ccnc3[nH]ccc23)n1)C(F)(F)F. The molecule has 0 bridgehead atoms. The van der Waals surface area contributed by atoms with Crippen LogP contribution in [0.25, 0.3) is 22.4 Å². The third-order valence-corrected chi connectivity index (χ3v) is 3.94. The smallest absolute Gasteiger partial charge is 0.346 e. The second kappa shape index (κ2) is 5.19. The van der Waals surface area contributed by atoms with Crippen LogP contribution in [0.3, 0.4) is 0 Å². The largest absolute Gasteiger partial charge is 0.399 e. The number of hydrogen-bond donors (Lipinski definition) is 1. The highest BCUT2D eigenvalue weighted by atomic mass is 35.5. The fourth-order valence-electron chi connectivity index (χ4n) is 2.16. The number of hydrogen-bond acceptors (Lipinski definition) is 3. The third-order valence-electron chi connectivity index (χ3n) is 3.75. The minimum Gasteiger partial charge on any atom is -0.346 e. The maximum atomic E-state index is 13.3. The van der Waals surface area contributed by atoms with Gasteiger partial charge in [-0.05, 0) is 32.0 Å². The van der Waals surface area contributed by atoms with Gasteiger partial charge in [0.25, 0.3) is 0 Å². The van der Waals surface area contributed by atoms with E-state index in [-0.39, 0.29) is 16.7 Å². The van der Waals surface area contributed by atoms with E-state index in [0.717, 1.165) is 19.9 Å². The first-order valence-electron chi connectivity index (χ1n) is 6.74. The van der Waals surface area contributed by atoms with Gasteiger partial charge >= 0.3 is 6.18 Å². The maximum absolute atomic E-state index is 13.3. The fourth-order valence-corrected chi connectivity index (χ4v) is 2.34. The zero-order chi connectivity index (χ0) is 16.8. The molecule has 0 unspecified atom stereocenters. The minimum absolute atomic E-state index is 0.0391. The number of fused-ring (bicyclic) bond motifs is 1. The minimum atomic E-state index is -4.45. The van der Waals surface area contributed by atoms with E-state index in [1.54, 1.807) is 18.3 Å². The highest BCUT2D eigenvalue weighted by Crippen LogP contribution is 2.40. The number of rotatable bonds is 2. The molecule has 3 heterocycles. The fraction of sp³-hybridized carbons (Fsp3) is 0.267. The number of nitrogens with zero attached hydrogens (tertiary/aromatic N) is 3. The molecular weight excluding hydrogens is 329 g/mol. The van der Waals surface area contributed by atoms with Crippen LogP contribution in [0.4, 0.5) is 13.2 Å². The molecule has 0 aliphatic heterocycles. The number of pyridine rings is 1. The summed E-state index contributed by atoms with van der Waals surface area (Å²) in [6.45, 7) is 2.13. The number of aromatic nitrogens is 4. The Morgan fingerprint density at radius 2 is 1.87 bits per heavy atom. The van der Waals surface area contributed by atoms with Crippen molar-refractivity contribution in [2.75, 3.05) is 0 Å². The molecule has 1 N–H and O–H groups in total. The van der Waals surface area contributed by atoms with Gasteiger partial charge in [-0.15, -0.1) is 0 Å². The van der Waals surface area contributed by atoms with E-state index in [0.29, 0.717) is 16.6 Å². The first kappa shape index (κ1) is 15.7. The van der Waals surface area contributed by atoms with E-state index in [1.165, 1.54) is 6.20 Å². The molecule has 3 rings (SSSR count). The molecule has 0 radical (unpaired) electrons. The topological polar surface area (TPSA) is 54.5 Å². The Labute approximate surface area is 134 Å². The van der Waals surface area contributed by atoms with Gasteiger partial charge in [-0.3, -0.25) is 0 Å². The second-order valence-electron chi connectivity index (χ2n) is 5.62. The first-order valence-corrected chi connectivity index (χ1v) is 7.12. The molecule has 23 heavy (non-hydrogen) atoms. The highest BCUT2D eigenvalue weighted by Gasteiger charge is 2.49. The number of aromatic amines is 1. The van der Waals surface area contributed by atoms with Crippen molar-refractivity contribution in [2.45, 2.75) is 25.4 Å². The Hall–Kier alpha value is -2.15. The average molecular weight is 341 g/mol. The molecule has 3 aromatic heterocycles. The number of H-pyrrole nitrogens is 1. The second-order valence-corrected chi connectivity index (χ2v) is 6.01. The lowest BCUT2D eigenvalue weighted by Gasteiger charge is -2.27. The monoisotopic (exact) mass is 340 g/mol. The van der Waals surface area contributed by atoms with Crippen molar-refractivity contribution < 1.29 is 13.2 Å². The molecule has 0 aromatic carbocycles. The van der Waals surface area contributed by atoms with Crippen molar-refractivity contribution >= 4 is 22.6 Å². The average Bonchev–Trinajstić information content (AvgIpc) is 2.93. The summed E-state index contributed by atoms with van der Waals surface area (Å²) in [5.41, 5.74) is -1.15. The molecule has 0 aliphatic rings. The summed E-state index contributed by atoms with van der Waals surface area (Å²) in [6.07, 6.45) is -1.23. The van der Waals surface area contributed by atoms with Crippen LogP contribution < -0.4 is 0 Å². The van der Waals surface area contributed by atoms with Crippen molar-refractivity contribution in [3.05, 3.63) is 41.4 Å². The van der Waals surface area contributed by atoms with Gasteiger partial charge in [0.2, 0.25) is 0 Å². The van der Waals surface area contributed by atoms with E-state index < -0.39 is 11.6 Å². The Morgan fingerprint density at radius 3 is 2.57 bits per heavy atom. The van der Waals surface area contributed by atoms with Crippen LogP contribution in [0.5, 0.6) is 0 Å². The molecule has 8 heteroatoms. The molecule has 0 fully saturated rings. The number of nitrogens with one attached hydrogen (secondary N) is 1. The number of halogens is 4. The molecule has 0 amide bonds. The number of alkyl halides is 3. The van der Waals surface area contributed by atoms with E-state index in [4.69, 9.17) is 11.6 Å². The van der Waals surface area contributed by atoms with Crippen LogP contribution in [-0.4, -0.2) is 26.1 Å². The van der Waals surface area contributed by atoms with Gasteiger partial charge < -0.3 is 4.98 Å². The van der Waals surface area contributed by atoms with Crippen LogP contribution in [0.2, 0.25) is 5.15 Å². The van der Waals surface area contributed by atoms with E-state index in [9.17, 15) is 13.2 Å². The lowest BCUT2D eigenvalue weighted by Crippen LogP contribution is -2.37. The molecule has 0 saturated heterocycles. The van der Waals surface area contributed by atoms with Gasteiger partial charge in [0.15, 0.2) is 5.82 Å². The summed E-state index contributed by atoms with van der Waals surface area (Å²) in [5.74, 6) is 0.136. The lowest BCUT2D eigenvalue weighted by atomic mass is 9.88. The Bertz CT molecular complexity index is 871. The predicted octanol–water partition coefficient (Wildman–Crippen LogP) is 4.51. The highest BCUT2D eigenvalue weighted by molar-refractivity contribution is 6.29. The van der Waals surface area contributed by atoms with E-state index in [2.05, 4.69) is 19.9 Å².